The molecule has 36 heavy (non-hydrogen) atoms. The van der Waals surface area contributed by atoms with E-state index in [2.05, 4.69) is 0 Å². The van der Waals surface area contributed by atoms with Gasteiger partial charge in [-0.3, -0.25) is 0 Å². The van der Waals surface area contributed by atoms with E-state index in [9.17, 15) is 31.5 Å². The standard InChI is InChI=1S/C25H27F3N2O5S/c26-17-4-1-3-16(13-17)21-5-2-6-23(25(10-11-25)35-24(32)29-12-9-19(31)15-29)30(21)36(33,34)22-8-7-18(27)14-20(22)28/h1,3-4,7-8,13-14,19,21,23,31H,2,5-6,9-12,15H2/t19?,21-,23+/m0/s1. The number of hydrogen-bond acceptors (Lipinski definition) is 5. The number of amides is 1. The van der Waals surface area contributed by atoms with E-state index in [-0.39, 0.29) is 6.54 Å². The van der Waals surface area contributed by atoms with Gasteiger partial charge in [0.1, 0.15) is 27.9 Å². The molecule has 1 saturated carbocycles. The third-order valence-electron chi connectivity index (χ3n) is 7.31. The van der Waals surface area contributed by atoms with Crippen LogP contribution in [-0.4, -0.2) is 59.7 Å². The molecule has 11 heteroatoms. The minimum Gasteiger partial charge on any atom is -0.441 e. The number of ether oxygens (including phenoxy) is 1. The molecule has 2 aromatic rings. The lowest BCUT2D eigenvalue weighted by Gasteiger charge is -2.44. The SMILES string of the molecule is O=C(OC1([C@H]2CCC[C@@H](c3cccc(F)c3)N2S(=O)(=O)c2ccc(F)cc2F)CC1)N1CCC(O)C1. The van der Waals surface area contributed by atoms with Crippen molar-refractivity contribution < 1.29 is 36.2 Å². The summed E-state index contributed by atoms with van der Waals surface area (Å²) in [6, 6.07) is 6.17. The van der Waals surface area contributed by atoms with Gasteiger partial charge in [-0.05, 0) is 68.4 Å². The number of piperidine rings is 1. The number of sulfonamides is 1. The van der Waals surface area contributed by atoms with Crippen LogP contribution in [-0.2, 0) is 14.8 Å². The molecular formula is C25H27F3N2O5S. The Morgan fingerprint density at radius 1 is 1.03 bits per heavy atom. The number of carbonyl (C=O) groups is 1. The van der Waals surface area contributed by atoms with Crippen molar-refractivity contribution in [3.63, 3.8) is 0 Å². The normalized spacial score (nSPS) is 26.1. The van der Waals surface area contributed by atoms with Crippen LogP contribution in [0.25, 0.3) is 0 Å². The van der Waals surface area contributed by atoms with Gasteiger partial charge in [-0.1, -0.05) is 12.1 Å². The molecule has 1 unspecified atom stereocenters. The van der Waals surface area contributed by atoms with Crippen molar-refractivity contribution in [3.05, 3.63) is 65.5 Å². The molecule has 3 atom stereocenters. The van der Waals surface area contributed by atoms with Gasteiger partial charge < -0.3 is 14.7 Å². The maximum atomic E-state index is 14.8. The maximum absolute atomic E-state index is 14.8. The molecule has 0 radical (unpaired) electrons. The van der Waals surface area contributed by atoms with Crippen molar-refractivity contribution in [1.82, 2.24) is 9.21 Å². The minimum absolute atomic E-state index is 0.133. The summed E-state index contributed by atoms with van der Waals surface area (Å²) in [5.41, 5.74) is -0.726. The van der Waals surface area contributed by atoms with Gasteiger partial charge in [0.2, 0.25) is 10.0 Å². The number of halogens is 3. The molecule has 0 aromatic heterocycles. The van der Waals surface area contributed by atoms with Crippen LogP contribution in [0.15, 0.2) is 47.4 Å². The zero-order valence-electron chi connectivity index (χ0n) is 19.4. The Morgan fingerprint density at radius 2 is 1.78 bits per heavy atom. The largest absolute Gasteiger partial charge is 0.441 e. The van der Waals surface area contributed by atoms with Crippen LogP contribution in [0.1, 0.15) is 50.1 Å². The first kappa shape index (κ1) is 25.0. The van der Waals surface area contributed by atoms with Crippen molar-refractivity contribution in [3.8, 4) is 0 Å². The molecule has 3 fully saturated rings. The van der Waals surface area contributed by atoms with Gasteiger partial charge in [0, 0.05) is 19.2 Å². The van der Waals surface area contributed by atoms with Gasteiger partial charge in [-0.2, -0.15) is 4.31 Å². The molecule has 7 nitrogen and oxygen atoms in total. The highest BCUT2D eigenvalue weighted by Gasteiger charge is 2.60. The number of aliphatic hydroxyl groups is 1. The highest BCUT2D eigenvalue weighted by molar-refractivity contribution is 7.89. The molecule has 1 aliphatic carbocycles. The Morgan fingerprint density at radius 3 is 2.42 bits per heavy atom. The number of rotatable bonds is 5. The second-order valence-corrected chi connectivity index (χ2v) is 11.6. The number of carbonyl (C=O) groups excluding carboxylic acids is 1. The fraction of sp³-hybridized carbons (Fsp3) is 0.480. The molecule has 1 N–H and O–H groups in total. The molecule has 2 heterocycles. The third kappa shape index (κ3) is 4.59. The van der Waals surface area contributed by atoms with E-state index in [1.807, 2.05) is 0 Å². The number of benzene rings is 2. The topological polar surface area (TPSA) is 87.2 Å². The summed E-state index contributed by atoms with van der Waals surface area (Å²) in [6.07, 6.45) is 1.25. The lowest BCUT2D eigenvalue weighted by Crippen LogP contribution is -2.54. The van der Waals surface area contributed by atoms with E-state index in [1.165, 1.54) is 23.1 Å². The highest BCUT2D eigenvalue weighted by Crippen LogP contribution is 2.52. The molecule has 0 spiro atoms. The number of likely N-dealkylation sites (tertiary alicyclic amines) is 1. The lowest BCUT2D eigenvalue weighted by molar-refractivity contribution is -0.00727. The molecule has 3 aliphatic rings. The van der Waals surface area contributed by atoms with Gasteiger partial charge in [0.05, 0.1) is 18.2 Å². The van der Waals surface area contributed by atoms with E-state index < -0.39 is 62.3 Å². The summed E-state index contributed by atoms with van der Waals surface area (Å²) >= 11 is 0. The van der Waals surface area contributed by atoms with Crippen LogP contribution >= 0.6 is 0 Å². The van der Waals surface area contributed by atoms with Crippen molar-refractivity contribution >= 4 is 16.1 Å². The first-order valence-electron chi connectivity index (χ1n) is 12.0. The summed E-state index contributed by atoms with van der Waals surface area (Å²) in [5, 5.41) is 9.78. The smallest absolute Gasteiger partial charge is 0.410 e. The molecule has 1 amide bonds. The Bertz CT molecular complexity index is 1270. The van der Waals surface area contributed by atoms with Gasteiger partial charge in [-0.25, -0.2) is 26.4 Å². The van der Waals surface area contributed by atoms with Gasteiger partial charge >= 0.3 is 6.09 Å². The number of aliphatic hydroxyl groups excluding tert-OH is 1. The average Bonchev–Trinajstić information content (AvgIpc) is 3.48. The molecular weight excluding hydrogens is 497 g/mol. The highest BCUT2D eigenvalue weighted by atomic mass is 32.2. The first-order valence-corrected chi connectivity index (χ1v) is 13.4. The van der Waals surface area contributed by atoms with Crippen LogP contribution in [0, 0.1) is 17.5 Å². The third-order valence-corrected chi connectivity index (χ3v) is 9.27. The predicted octanol–water partition coefficient (Wildman–Crippen LogP) is 4.12. The van der Waals surface area contributed by atoms with Crippen LogP contribution in [0.5, 0.6) is 0 Å². The summed E-state index contributed by atoms with van der Waals surface area (Å²) < 4.78 is 77.4. The Hall–Kier alpha value is -2.63. The fourth-order valence-electron chi connectivity index (χ4n) is 5.40. The van der Waals surface area contributed by atoms with E-state index in [0.717, 1.165) is 16.4 Å². The number of β-amino-alcohol motifs (C(OH)–C–C–N with tert-alkyl or cyclic N) is 1. The Kier molecular flexibility index (Phi) is 6.50. The van der Waals surface area contributed by atoms with E-state index in [4.69, 9.17) is 4.74 Å². The average molecular weight is 525 g/mol. The molecule has 2 aliphatic heterocycles. The minimum atomic E-state index is -4.55. The Labute approximate surface area is 207 Å². The van der Waals surface area contributed by atoms with Gasteiger partial charge in [0.15, 0.2) is 0 Å². The van der Waals surface area contributed by atoms with Crippen molar-refractivity contribution in [2.75, 3.05) is 13.1 Å². The summed E-state index contributed by atoms with van der Waals surface area (Å²) in [7, 11) is -4.55. The summed E-state index contributed by atoms with van der Waals surface area (Å²) in [6.45, 7) is 0.462. The zero-order chi connectivity index (χ0) is 25.7. The molecule has 5 rings (SSSR count). The first-order chi connectivity index (χ1) is 17.1. The molecule has 2 aromatic carbocycles. The van der Waals surface area contributed by atoms with E-state index in [1.54, 1.807) is 6.07 Å². The quantitative estimate of drug-likeness (QED) is 0.636. The van der Waals surface area contributed by atoms with Crippen LogP contribution < -0.4 is 0 Å². The number of hydrogen-bond donors (Lipinski definition) is 1. The van der Waals surface area contributed by atoms with Crippen molar-refractivity contribution in [2.45, 2.75) is 67.2 Å². The van der Waals surface area contributed by atoms with Gasteiger partial charge in [0.25, 0.3) is 0 Å². The summed E-state index contributed by atoms with van der Waals surface area (Å²) in [4.78, 5) is 13.6. The number of nitrogens with zero attached hydrogens (tertiary/aromatic N) is 2. The lowest BCUT2D eigenvalue weighted by atomic mass is 9.90. The predicted molar refractivity (Wildman–Crippen MR) is 123 cm³/mol. The molecule has 0 bridgehead atoms. The molecule has 2 saturated heterocycles. The molecule has 194 valence electrons. The summed E-state index contributed by atoms with van der Waals surface area (Å²) in [5.74, 6) is -2.69. The monoisotopic (exact) mass is 524 g/mol. The van der Waals surface area contributed by atoms with Gasteiger partial charge in [-0.15, -0.1) is 0 Å². The fourth-order valence-corrected chi connectivity index (χ4v) is 7.37. The van der Waals surface area contributed by atoms with Crippen molar-refractivity contribution in [1.29, 1.82) is 0 Å². The second kappa shape index (κ2) is 9.35. The van der Waals surface area contributed by atoms with E-state index >= 15 is 0 Å². The van der Waals surface area contributed by atoms with Crippen LogP contribution in [0.2, 0.25) is 0 Å². The van der Waals surface area contributed by atoms with Crippen LogP contribution in [0.4, 0.5) is 18.0 Å². The Balaban J connectivity index is 1.55. The van der Waals surface area contributed by atoms with E-state index in [0.29, 0.717) is 56.7 Å². The van der Waals surface area contributed by atoms with Crippen LogP contribution in [0.3, 0.4) is 0 Å². The van der Waals surface area contributed by atoms with Crippen molar-refractivity contribution in [2.24, 2.45) is 0 Å². The zero-order valence-corrected chi connectivity index (χ0v) is 20.3. The second-order valence-electron chi connectivity index (χ2n) is 9.75. The maximum Gasteiger partial charge on any atom is 0.410 e.